The third-order valence-electron chi connectivity index (χ3n) is 1.54. The predicted octanol–water partition coefficient (Wildman–Crippen LogP) is 2.69. The summed E-state index contributed by atoms with van der Waals surface area (Å²) in [6, 6.07) is 1.27. The zero-order valence-electron chi connectivity index (χ0n) is 7.00. The van der Waals surface area contributed by atoms with Crippen LogP contribution >= 0.6 is 0 Å². The summed E-state index contributed by atoms with van der Waals surface area (Å²) in [7, 11) is 0. The van der Waals surface area contributed by atoms with E-state index >= 15 is 0 Å². The molecule has 70 valence electrons. The molecule has 1 aromatic carbocycles. The lowest BCUT2D eigenvalue weighted by Crippen LogP contribution is -2.01. The van der Waals surface area contributed by atoms with Crippen LogP contribution in [0, 0.1) is 22.9 Å². The Morgan fingerprint density at radius 1 is 1.15 bits per heavy atom. The Bertz CT molecular complexity index is 347. The van der Waals surface area contributed by atoms with E-state index in [4.69, 9.17) is 5.41 Å². The van der Waals surface area contributed by atoms with Crippen LogP contribution in [-0.4, -0.2) is 5.71 Å². The van der Waals surface area contributed by atoms with Gasteiger partial charge in [-0.1, -0.05) is 0 Å². The van der Waals surface area contributed by atoms with Crippen molar-refractivity contribution in [1.29, 1.82) is 5.41 Å². The van der Waals surface area contributed by atoms with Crippen molar-refractivity contribution in [2.75, 3.05) is 0 Å². The Morgan fingerprint density at radius 3 is 2.23 bits per heavy atom. The number of nitrogens with one attached hydrogen (secondary N) is 1. The van der Waals surface area contributed by atoms with Crippen molar-refractivity contribution in [2.24, 2.45) is 0 Å². The van der Waals surface area contributed by atoms with Crippen LogP contribution in [0.5, 0.6) is 0 Å². The number of hydrogen-bond acceptors (Lipinski definition) is 1. The molecule has 1 aromatic rings. The van der Waals surface area contributed by atoms with Gasteiger partial charge in [-0.15, -0.1) is 0 Å². The minimum atomic E-state index is -1.20. The van der Waals surface area contributed by atoms with Gasteiger partial charge in [0, 0.05) is 18.2 Å². The third kappa shape index (κ3) is 2.31. The molecule has 0 fully saturated rings. The van der Waals surface area contributed by atoms with E-state index < -0.39 is 17.5 Å². The summed E-state index contributed by atoms with van der Waals surface area (Å²) in [6.07, 6.45) is 0.00301. The van der Waals surface area contributed by atoms with Crippen LogP contribution < -0.4 is 0 Å². The molecule has 4 heteroatoms. The van der Waals surface area contributed by atoms with Gasteiger partial charge in [0.2, 0.25) is 0 Å². The highest BCUT2D eigenvalue weighted by molar-refractivity contribution is 5.81. The predicted molar refractivity (Wildman–Crippen MR) is 43.4 cm³/mol. The zero-order chi connectivity index (χ0) is 10.0. The normalized spacial score (nSPS) is 10.2. The first-order chi connectivity index (χ1) is 6.00. The lowest BCUT2D eigenvalue weighted by atomic mass is 10.1. The van der Waals surface area contributed by atoms with E-state index in [0.717, 1.165) is 6.07 Å². The van der Waals surface area contributed by atoms with Crippen molar-refractivity contribution in [2.45, 2.75) is 13.3 Å². The molecule has 1 nitrogen and oxygen atoms in total. The summed E-state index contributed by atoms with van der Waals surface area (Å²) >= 11 is 0. The molecule has 0 aliphatic heterocycles. The van der Waals surface area contributed by atoms with Gasteiger partial charge in [0.1, 0.15) is 5.82 Å². The Morgan fingerprint density at radius 2 is 1.69 bits per heavy atom. The topological polar surface area (TPSA) is 23.9 Å². The van der Waals surface area contributed by atoms with Crippen LogP contribution in [-0.2, 0) is 6.42 Å². The van der Waals surface area contributed by atoms with Gasteiger partial charge in [-0.3, -0.25) is 0 Å². The Kier molecular flexibility index (Phi) is 2.70. The van der Waals surface area contributed by atoms with Gasteiger partial charge < -0.3 is 5.41 Å². The van der Waals surface area contributed by atoms with Crippen LogP contribution in [0.25, 0.3) is 0 Å². The summed E-state index contributed by atoms with van der Waals surface area (Å²) in [5.41, 5.74) is 0.205. The van der Waals surface area contributed by atoms with Gasteiger partial charge in [0.25, 0.3) is 0 Å². The Labute approximate surface area is 73.7 Å². The molecule has 0 heterocycles. The maximum atomic E-state index is 12.9. The minimum absolute atomic E-state index is 0.00301. The van der Waals surface area contributed by atoms with Crippen LogP contribution in [0.15, 0.2) is 12.1 Å². The van der Waals surface area contributed by atoms with Crippen molar-refractivity contribution in [3.8, 4) is 0 Å². The number of hydrogen-bond donors (Lipinski definition) is 1. The Balaban J connectivity index is 3.08. The Hall–Kier alpha value is -1.32. The lowest BCUT2D eigenvalue weighted by molar-refractivity contribution is 0.491. The molecule has 0 radical (unpaired) electrons. The van der Waals surface area contributed by atoms with Gasteiger partial charge in [-0.25, -0.2) is 13.2 Å². The van der Waals surface area contributed by atoms with Gasteiger partial charge in [-0.05, 0) is 18.6 Å². The fraction of sp³-hybridized carbons (Fsp3) is 0.222. The van der Waals surface area contributed by atoms with Gasteiger partial charge >= 0.3 is 0 Å². The summed E-state index contributed by atoms with van der Waals surface area (Å²) in [4.78, 5) is 0. The van der Waals surface area contributed by atoms with E-state index in [0.29, 0.717) is 6.07 Å². The van der Waals surface area contributed by atoms with Crippen molar-refractivity contribution >= 4 is 5.71 Å². The molecule has 0 amide bonds. The zero-order valence-corrected chi connectivity index (χ0v) is 7.00. The molecule has 0 aliphatic rings. The monoisotopic (exact) mass is 187 g/mol. The SMILES string of the molecule is CC(=N)Cc1cc(F)c(F)cc1F. The summed E-state index contributed by atoms with van der Waals surface area (Å²) in [5.74, 6) is -3.10. The van der Waals surface area contributed by atoms with Crippen molar-refractivity contribution in [1.82, 2.24) is 0 Å². The third-order valence-corrected chi connectivity index (χ3v) is 1.54. The molecule has 0 saturated heterocycles. The van der Waals surface area contributed by atoms with Crippen molar-refractivity contribution < 1.29 is 13.2 Å². The molecule has 1 rings (SSSR count). The molecule has 0 aromatic heterocycles. The van der Waals surface area contributed by atoms with E-state index in [-0.39, 0.29) is 17.7 Å². The average molecular weight is 187 g/mol. The second-order valence-corrected chi connectivity index (χ2v) is 2.81. The van der Waals surface area contributed by atoms with Crippen LogP contribution in [0.4, 0.5) is 13.2 Å². The molecule has 0 unspecified atom stereocenters. The van der Waals surface area contributed by atoms with Crippen molar-refractivity contribution in [3.63, 3.8) is 0 Å². The van der Waals surface area contributed by atoms with Gasteiger partial charge in [0.15, 0.2) is 11.6 Å². The number of halogens is 3. The highest BCUT2D eigenvalue weighted by Crippen LogP contribution is 2.14. The molecule has 0 saturated carbocycles. The minimum Gasteiger partial charge on any atom is -0.310 e. The highest BCUT2D eigenvalue weighted by Gasteiger charge is 2.09. The van der Waals surface area contributed by atoms with Gasteiger partial charge in [0.05, 0.1) is 0 Å². The number of benzene rings is 1. The van der Waals surface area contributed by atoms with Crippen LogP contribution in [0.3, 0.4) is 0 Å². The fourth-order valence-corrected chi connectivity index (χ4v) is 0.985. The lowest BCUT2D eigenvalue weighted by Gasteiger charge is -2.02. The highest BCUT2D eigenvalue weighted by atomic mass is 19.2. The smallest absolute Gasteiger partial charge is 0.161 e. The van der Waals surface area contributed by atoms with Gasteiger partial charge in [-0.2, -0.15) is 0 Å². The molecular formula is C9H8F3N. The standard InChI is InChI=1S/C9H8F3N/c1-5(13)2-6-3-8(11)9(12)4-7(6)10/h3-4,13H,2H2,1H3. The molecule has 1 N–H and O–H groups in total. The number of rotatable bonds is 2. The quantitative estimate of drug-likeness (QED) is 0.543. The molecule has 0 aliphatic carbocycles. The summed E-state index contributed by atoms with van der Waals surface area (Å²) in [6.45, 7) is 1.47. The first-order valence-corrected chi connectivity index (χ1v) is 3.68. The molecule has 0 spiro atoms. The fourth-order valence-electron chi connectivity index (χ4n) is 0.985. The molecule has 0 atom stereocenters. The first-order valence-electron chi connectivity index (χ1n) is 3.68. The van der Waals surface area contributed by atoms with Crippen LogP contribution in [0.2, 0.25) is 0 Å². The maximum Gasteiger partial charge on any atom is 0.161 e. The molecule has 13 heavy (non-hydrogen) atoms. The maximum absolute atomic E-state index is 12.9. The average Bonchev–Trinajstić information content (AvgIpc) is 1.99. The van der Waals surface area contributed by atoms with Crippen molar-refractivity contribution in [3.05, 3.63) is 35.1 Å². The van der Waals surface area contributed by atoms with E-state index in [9.17, 15) is 13.2 Å². The molecular weight excluding hydrogens is 179 g/mol. The van der Waals surface area contributed by atoms with E-state index in [2.05, 4.69) is 0 Å². The summed E-state index contributed by atoms with van der Waals surface area (Å²) < 4.78 is 37.9. The second-order valence-electron chi connectivity index (χ2n) is 2.81. The largest absolute Gasteiger partial charge is 0.310 e. The first kappa shape index (κ1) is 9.77. The summed E-state index contributed by atoms with van der Waals surface area (Å²) in [5, 5.41) is 7.07. The molecule has 0 bridgehead atoms. The van der Waals surface area contributed by atoms with E-state index in [1.807, 2.05) is 0 Å². The van der Waals surface area contributed by atoms with E-state index in [1.54, 1.807) is 0 Å². The van der Waals surface area contributed by atoms with Crippen LogP contribution in [0.1, 0.15) is 12.5 Å². The second kappa shape index (κ2) is 3.60. The van der Waals surface area contributed by atoms with E-state index in [1.165, 1.54) is 6.92 Å².